The van der Waals surface area contributed by atoms with Crippen LogP contribution in [-0.2, 0) is 4.74 Å². The number of alkyl halides is 1. The van der Waals surface area contributed by atoms with Crippen LogP contribution in [-0.4, -0.2) is 27.7 Å². The summed E-state index contributed by atoms with van der Waals surface area (Å²) in [6.07, 6.45) is 1.86. The SMILES string of the molecule is CCOCC(C)n1c(C(C)Cl)nc2cc(C)cnc21. The maximum Gasteiger partial charge on any atom is 0.160 e. The number of rotatable bonds is 5. The zero-order valence-electron chi connectivity index (χ0n) is 11.9. The average molecular weight is 282 g/mol. The molecule has 0 saturated heterocycles. The van der Waals surface area contributed by atoms with E-state index in [-0.39, 0.29) is 11.4 Å². The molecule has 104 valence electrons. The normalized spacial score (nSPS) is 14.8. The molecule has 0 aromatic carbocycles. The van der Waals surface area contributed by atoms with Gasteiger partial charge in [-0.05, 0) is 39.3 Å². The Hall–Kier alpha value is -1.13. The van der Waals surface area contributed by atoms with Crippen LogP contribution in [0.3, 0.4) is 0 Å². The highest BCUT2D eigenvalue weighted by atomic mass is 35.5. The molecule has 0 bridgehead atoms. The number of pyridine rings is 1. The second kappa shape index (κ2) is 5.88. The minimum absolute atomic E-state index is 0.154. The molecular formula is C14H20ClN3O. The van der Waals surface area contributed by atoms with Crippen molar-refractivity contribution in [3.63, 3.8) is 0 Å². The van der Waals surface area contributed by atoms with E-state index in [0.29, 0.717) is 13.2 Å². The monoisotopic (exact) mass is 281 g/mol. The average Bonchev–Trinajstić information content (AvgIpc) is 2.74. The summed E-state index contributed by atoms with van der Waals surface area (Å²) in [7, 11) is 0. The van der Waals surface area contributed by atoms with Crippen molar-refractivity contribution in [2.24, 2.45) is 0 Å². The molecule has 19 heavy (non-hydrogen) atoms. The zero-order valence-corrected chi connectivity index (χ0v) is 12.6. The molecule has 0 N–H and O–H groups in total. The molecule has 0 spiro atoms. The van der Waals surface area contributed by atoms with Gasteiger partial charge in [0.1, 0.15) is 11.3 Å². The third kappa shape index (κ3) is 2.90. The lowest BCUT2D eigenvalue weighted by Gasteiger charge is -2.17. The van der Waals surface area contributed by atoms with Gasteiger partial charge in [-0.2, -0.15) is 0 Å². The van der Waals surface area contributed by atoms with Crippen molar-refractivity contribution in [3.8, 4) is 0 Å². The number of imidazole rings is 1. The molecule has 0 aliphatic rings. The number of hydrogen-bond acceptors (Lipinski definition) is 3. The Kier molecular flexibility index (Phi) is 4.42. The third-order valence-electron chi connectivity index (χ3n) is 3.05. The summed E-state index contributed by atoms with van der Waals surface area (Å²) >= 11 is 6.25. The van der Waals surface area contributed by atoms with E-state index in [1.807, 2.05) is 33.0 Å². The topological polar surface area (TPSA) is 39.9 Å². The molecule has 0 fully saturated rings. The lowest BCUT2D eigenvalue weighted by molar-refractivity contribution is 0.119. The van der Waals surface area contributed by atoms with Gasteiger partial charge >= 0.3 is 0 Å². The predicted molar refractivity (Wildman–Crippen MR) is 77.7 cm³/mol. The summed E-state index contributed by atoms with van der Waals surface area (Å²) in [5, 5.41) is -0.154. The summed E-state index contributed by atoms with van der Waals surface area (Å²) in [6, 6.07) is 2.20. The molecule has 0 saturated carbocycles. The molecule has 2 rings (SSSR count). The number of fused-ring (bicyclic) bond motifs is 1. The zero-order chi connectivity index (χ0) is 14.0. The first-order chi connectivity index (χ1) is 9.04. The first-order valence-corrected chi connectivity index (χ1v) is 7.04. The molecule has 0 amide bonds. The second-order valence-electron chi connectivity index (χ2n) is 4.82. The number of nitrogens with zero attached hydrogens (tertiary/aromatic N) is 3. The molecule has 2 unspecified atom stereocenters. The summed E-state index contributed by atoms with van der Waals surface area (Å²) < 4.78 is 7.59. The lowest BCUT2D eigenvalue weighted by atomic mass is 10.3. The quantitative estimate of drug-likeness (QED) is 0.786. The van der Waals surface area contributed by atoms with E-state index in [4.69, 9.17) is 16.3 Å². The molecule has 0 aliphatic carbocycles. The van der Waals surface area contributed by atoms with E-state index in [1.54, 1.807) is 0 Å². The number of aromatic nitrogens is 3. The summed E-state index contributed by atoms with van der Waals surface area (Å²) in [4.78, 5) is 9.11. The molecule has 2 atom stereocenters. The van der Waals surface area contributed by atoms with Crippen LogP contribution in [0.5, 0.6) is 0 Å². The Morgan fingerprint density at radius 2 is 2.16 bits per heavy atom. The number of halogens is 1. The fourth-order valence-corrected chi connectivity index (χ4v) is 2.33. The van der Waals surface area contributed by atoms with Crippen molar-refractivity contribution in [2.75, 3.05) is 13.2 Å². The van der Waals surface area contributed by atoms with Crippen molar-refractivity contribution in [2.45, 2.75) is 39.1 Å². The lowest BCUT2D eigenvalue weighted by Crippen LogP contribution is -2.16. The highest BCUT2D eigenvalue weighted by Gasteiger charge is 2.20. The molecule has 2 aromatic heterocycles. The molecular weight excluding hydrogens is 262 g/mol. The van der Waals surface area contributed by atoms with Crippen LogP contribution in [0.15, 0.2) is 12.3 Å². The molecule has 0 aliphatic heterocycles. The highest BCUT2D eigenvalue weighted by Crippen LogP contribution is 2.27. The number of ether oxygens (including phenoxy) is 1. The van der Waals surface area contributed by atoms with Gasteiger partial charge in [0.15, 0.2) is 5.65 Å². The third-order valence-corrected chi connectivity index (χ3v) is 3.25. The van der Waals surface area contributed by atoms with E-state index in [2.05, 4.69) is 21.5 Å². The van der Waals surface area contributed by atoms with Gasteiger partial charge in [0.2, 0.25) is 0 Å². The number of hydrogen-bond donors (Lipinski definition) is 0. The fraction of sp³-hybridized carbons (Fsp3) is 0.571. The fourth-order valence-electron chi connectivity index (χ4n) is 2.18. The van der Waals surface area contributed by atoms with E-state index in [9.17, 15) is 0 Å². The molecule has 0 radical (unpaired) electrons. The van der Waals surface area contributed by atoms with E-state index in [0.717, 1.165) is 22.6 Å². The highest BCUT2D eigenvalue weighted by molar-refractivity contribution is 6.20. The van der Waals surface area contributed by atoms with Crippen LogP contribution >= 0.6 is 11.6 Å². The van der Waals surface area contributed by atoms with Crippen LogP contribution in [0.1, 0.15) is 43.6 Å². The molecule has 2 aromatic rings. The molecule has 4 nitrogen and oxygen atoms in total. The summed E-state index contributed by atoms with van der Waals surface area (Å²) in [6.45, 7) is 9.37. The Labute approximate surface area is 118 Å². The van der Waals surface area contributed by atoms with Gasteiger partial charge in [0.25, 0.3) is 0 Å². The van der Waals surface area contributed by atoms with Crippen molar-refractivity contribution >= 4 is 22.8 Å². The Bertz CT molecular complexity index is 565. The Morgan fingerprint density at radius 3 is 2.79 bits per heavy atom. The van der Waals surface area contributed by atoms with Crippen LogP contribution in [0.4, 0.5) is 0 Å². The van der Waals surface area contributed by atoms with E-state index >= 15 is 0 Å². The Balaban J connectivity index is 2.51. The standard InChI is InChI=1S/C14H20ClN3O/c1-5-19-8-10(3)18-13(11(4)15)17-12-6-9(2)7-16-14(12)18/h6-7,10-11H,5,8H2,1-4H3. The van der Waals surface area contributed by atoms with E-state index < -0.39 is 0 Å². The molecule has 2 heterocycles. The minimum atomic E-state index is -0.154. The van der Waals surface area contributed by atoms with Crippen LogP contribution in [0.2, 0.25) is 0 Å². The van der Waals surface area contributed by atoms with Gasteiger partial charge in [-0.3, -0.25) is 0 Å². The smallest absolute Gasteiger partial charge is 0.160 e. The van der Waals surface area contributed by atoms with Crippen molar-refractivity contribution < 1.29 is 4.74 Å². The van der Waals surface area contributed by atoms with Crippen molar-refractivity contribution in [1.29, 1.82) is 0 Å². The maximum absolute atomic E-state index is 6.25. The summed E-state index contributed by atoms with van der Waals surface area (Å²) in [5.74, 6) is 0.849. The van der Waals surface area contributed by atoms with Crippen molar-refractivity contribution in [1.82, 2.24) is 14.5 Å². The van der Waals surface area contributed by atoms with Gasteiger partial charge in [0, 0.05) is 12.8 Å². The minimum Gasteiger partial charge on any atom is -0.380 e. The first-order valence-electron chi connectivity index (χ1n) is 6.60. The van der Waals surface area contributed by atoms with Crippen LogP contribution in [0.25, 0.3) is 11.2 Å². The number of aryl methyl sites for hydroxylation is 1. The summed E-state index contributed by atoms with van der Waals surface area (Å²) in [5.41, 5.74) is 2.87. The van der Waals surface area contributed by atoms with Gasteiger partial charge in [0.05, 0.1) is 18.0 Å². The van der Waals surface area contributed by atoms with Gasteiger partial charge in [-0.1, -0.05) is 0 Å². The second-order valence-corrected chi connectivity index (χ2v) is 5.47. The van der Waals surface area contributed by atoms with Gasteiger partial charge < -0.3 is 9.30 Å². The van der Waals surface area contributed by atoms with Gasteiger partial charge in [-0.15, -0.1) is 11.6 Å². The van der Waals surface area contributed by atoms with Crippen LogP contribution < -0.4 is 0 Å². The van der Waals surface area contributed by atoms with Crippen LogP contribution in [0, 0.1) is 6.92 Å². The maximum atomic E-state index is 6.25. The Morgan fingerprint density at radius 1 is 1.42 bits per heavy atom. The molecule has 5 heteroatoms. The van der Waals surface area contributed by atoms with E-state index in [1.165, 1.54) is 0 Å². The van der Waals surface area contributed by atoms with Crippen molar-refractivity contribution in [3.05, 3.63) is 23.7 Å². The largest absolute Gasteiger partial charge is 0.380 e. The first kappa shape index (κ1) is 14.3. The predicted octanol–water partition coefficient (Wildman–Crippen LogP) is 3.64. The van der Waals surface area contributed by atoms with Gasteiger partial charge in [-0.25, -0.2) is 9.97 Å².